The van der Waals surface area contributed by atoms with E-state index in [0.29, 0.717) is 12.0 Å². The molecule has 3 heteroatoms. The summed E-state index contributed by atoms with van der Waals surface area (Å²) in [7, 11) is 0. The molecule has 0 bridgehead atoms. The topological polar surface area (TPSA) is 31.9 Å². The summed E-state index contributed by atoms with van der Waals surface area (Å²) >= 11 is 0. The van der Waals surface area contributed by atoms with Crippen LogP contribution < -0.4 is 0 Å². The third-order valence-electron chi connectivity index (χ3n) is 3.09. The Labute approximate surface area is 91.2 Å². The lowest BCUT2D eigenvalue weighted by Gasteiger charge is -2.39. The minimum Gasteiger partial charge on any atom is -0.366 e. The first-order valence-electron chi connectivity index (χ1n) is 5.55. The van der Waals surface area contributed by atoms with E-state index in [2.05, 4.69) is 42.2 Å². The monoisotopic (exact) mass is 205 g/mol. The predicted octanol–water partition coefficient (Wildman–Crippen LogP) is 2.50. The van der Waals surface area contributed by atoms with Gasteiger partial charge in [-0.3, -0.25) is 0 Å². The number of hydrogen-bond acceptors (Lipinski definition) is 2. The van der Waals surface area contributed by atoms with E-state index < -0.39 is 0 Å². The van der Waals surface area contributed by atoms with Crippen molar-refractivity contribution in [1.82, 2.24) is 14.9 Å². The Kier molecular flexibility index (Phi) is 2.55. The molecule has 3 nitrogen and oxygen atoms in total. The van der Waals surface area contributed by atoms with Crippen LogP contribution in [0.3, 0.4) is 0 Å². The molecule has 0 fully saturated rings. The lowest BCUT2D eigenvalue weighted by molar-refractivity contribution is 0.186. The van der Waals surface area contributed by atoms with Crippen molar-refractivity contribution in [3.63, 3.8) is 0 Å². The van der Waals surface area contributed by atoms with Gasteiger partial charge in [0.1, 0.15) is 0 Å². The smallest absolute Gasteiger partial charge is 0.0926 e. The Balaban J connectivity index is 2.38. The Hall–Kier alpha value is -1.25. The van der Waals surface area contributed by atoms with Gasteiger partial charge in [-0.15, -0.1) is 0 Å². The van der Waals surface area contributed by atoms with Crippen LogP contribution in [0.2, 0.25) is 0 Å². The maximum absolute atomic E-state index is 4.45. The summed E-state index contributed by atoms with van der Waals surface area (Å²) < 4.78 is 0. The second-order valence-electron chi connectivity index (χ2n) is 4.63. The molecular weight excluding hydrogens is 186 g/mol. The van der Waals surface area contributed by atoms with Gasteiger partial charge in [0.25, 0.3) is 0 Å². The SMILES string of the molecule is C=C(C)N1CCc2[nH]cnc2C1C(C)C. The largest absolute Gasteiger partial charge is 0.366 e. The zero-order chi connectivity index (χ0) is 11.0. The number of rotatable bonds is 2. The van der Waals surface area contributed by atoms with Crippen molar-refractivity contribution in [1.29, 1.82) is 0 Å². The molecule has 0 saturated heterocycles. The number of imidazole rings is 1. The Bertz CT molecular complexity index is 365. The fraction of sp³-hybridized carbons (Fsp3) is 0.583. The average Bonchev–Trinajstić information content (AvgIpc) is 2.62. The fourth-order valence-corrected chi connectivity index (χ4v) is 2.41. The molecule has 0 radical (unpaired) electrons. The van der Waals surface area contributed by atoms with Crippen LogP contribution in [-0.2, 0) is 6.42 Å². The zero-order valence-electron chi connectivity index (χ0n) is 9.75. The number of fused-ring (bicyclic) bond motifs is 1. The van der Waals surface area contributed by atoms with E-state index >= 15 is 0 Å². The van der Waals surface area contributed by atoms with E-state index in [1.54, 1.807) is 0 Å². The summed E-state index contributed by atoms with van der Waals surface area (Å²) in [5.41, 5.74) is 3.65. The van der Waals surface area contributed by atoms with Crippen molar-refractivity contribution in [2.24, 2.45) is 5.92 Å². The van der Waals surface area contributed by atoms with Crippen LogP contribution in [0.4, 0.5) is 0 Å². The maximum Gasteiger partial charge on any atom is 0.0926 e. The van der Waals surface area contributed by atoms with Crippen LogP contribution in [-0.4, -0.2) is 21.4 Å². The number of allylic oxidation sites excluding steroid dienone is 1. The van der Waals surface area contributed by atoms with Gasteiger partial charge < -0.3 is 9.88 Å². The number of H-pyrrole nitrogens is 1. The van der Waals surface area contributed by atoms with Gasteiger partial charge in [0.15, 0.2) is 0 Å². The first kappa shape index (κ1) is 10.3. The molecule has 0 amide bonds. The number of hydrogen-bond donors (Lipinski definition) is 1. The Morgan fingerprint density at radius 2 is 2.40 bits per heavy atom. The van der Waals surface area contributed by atoms with Crippen molar-refractivity contribution in [3.05, 3.63) is 30.0 Å². The molecule has 0 aromatic carbocycles. The Morgan fingerprint density at radius 3 is 3.00 bits per heavy atom. The van der Waals surface area contributed by atoms with Crippen molar-refractivity contribution >= 4 is 0 Å². The molecule has 2 rings (SSSR count). The molecule has 1 atom stereocenters. The van der Waals surface area contributed by atoms with Crippen LogP contribution >= 0.6 is 0 Å². The summed E-state index contributed by atoms with van der Waals surface area (Å²) in [5.74, 6) is 0.559. The van der Waals surface area contributed by atoms with Crippen LogP contribution in [0.1, 0.15) is 38.2 Å². The van der Waals surface area contributed by atoms with Gasteiger partial charge in [0.2, 0.25) is 0 Å². The molecule has 0 spiro atoms. The van der Waals surface area contributed by atoms with Gasteiger partial charge in [-0.2, -0.15) is 0 Å². The molecule has 1 N–H and O–H groups in total. The van der Waals surface area contributed by atoms with Crippen molar-refractivity contribution in [2.45, 2.75) is 33.2 Å². The van der Waals surface area contributed by atoms with E-state index in [1.807, 2.05) is 6.33 Å². The summed E-state index contributed by atoms with van der Waals surface area (Å²) in [6, 6.07) is 0.387. The molecule has 0 aliphatic carbocycles. The van der Waals surface area contributed by atoms with Gasteiger partial charge in [0, 0.05) is 24.4 Å². The van der Waals surface area contributed by atoms with E-state index in [9.17, 15) is 0 Å². The van der Waals surface area contributed by atoms with Crippen LogP contribution in [0.25, 0.3) is 0 Å². The highest BCUT2D eigenvalue weighted by molar-refractivity contribution is 5.22. The summed E-state index contributed by atoms with van der Waals surface area (Å²) in [6.45, 7) is 11.7. The molecule has 1 aromatic rings. The minimum atomic E-state index is 0.387. The standard InChI is InChI=1S/C12H19N3/c1-8(2)12-11-10(13-7-14-11)5-6-15(12)9(3)4/h7-8,12H,3,5-6H2,1-2,4H3,(H,13,14). The second kappa shape index (κ2) is 3.72. The zero-order valence-corrected chi connectivity index (χ0v) is 9.75. The van der Waals surface area contributed by atoms with E-state index in [0.717, 1.165) is 18.7 Å². The molecule has 0 saturated carbocycles. The lowest BCUT2D eigenvalue weighted by Crippen LogP contribution is -2.36. The van der Waals surface area contributed by atoms with Gasteiger partial charge in [-0.25, -0.2) is 4.98 Å². The minimum absolute atomic E-state index is 0.387. The first-order valence-corrected chi connectivity index (χ1v) is 5.55. The fourth-order valence-electron chi connectivity index (χ4n) is 2.41. The highest BCUT2D eigenvalue weighted by Gasteiger charge is 2.31. The molecule has 1 unspecified atom stereocenters. The van der Waals surface area contributed by atoms with E-state index in [-0.39, 0.29) is 0 Å². The maximum atomic E-state index is 4.45. The molecule has 1 aromatic heterocycles. The van der Waals surface area contributed by atoms with Crippen LogP contribution in [0.5, 0.6) is 0 Å². The summed E-state index contributed by atoms with van der Waals surface area (Å²) in [4.78, 5) is 10.1. The number of aromatic nitrogens is 2. The van der Waals surface area contributed by atoms with Gasteiger partial charge >= 0.3 is 0 Å². The molecule has 2 heterocycles. The quantitative estimate of drug-likeness (QED) is 0.804. The van der Waals surface area contributed by atoms with Gasteiger partial charge in [-0.1, -0.05) is 20.4 Å². The van der Waals surface area contributed by atoms with E-state index in [4.69, 9.17) is 0 Å². The molecule has 1 aliphatic heterocycles. The average molecular weight is 205 g/mol. The van der Waals surface area contributed by atoms with Gasteiger partial charge in [0.05, 0.1) is 18.1 Å². The highest BCUT2D eigenvalue weighted by Crippen LogP contribution is 2.34. The molecule has 82 valence electrons. The number of nitrogens with zero attached hydrogens (tertiary/aromatic N) is 2. The third kappa shape index (κ3) is 1.66. The van der Waals surface area contributed by atoms with Gasteiger partial charge in [-0.05, 0) is 12.8 Å². The van der Waals surface area contributed by atoms with Crippen molar-refractivity contribution in [2.75, 3.05) is 6.54 Å². The highest BCUT2D eigenvalue weighted by atomic mass is 15.2. The normalized spacial score (nSPS) is 20.5. The summed E-state index contributed by atoms with van der Waals surface area (Å²) in [6.07, 6.45) is 2.85. The number of nitrogens with one attached hydrogen (secondary N) is 1. The summed E-state index contributed by atoms with van der Waals surface area (Å²) in [5, 5.41) is 0. The molecular formula is C12H19N3. The predicted molar refractivity (Wildman–Crippen MR) is 61.4 cm³/mol. The lowest BCUT2D eigenvalue weighted by atomic mass is 9.93. The Morgan fingerprint density at radius 1 is 1.67 bits per heavy atom. The van der Waals surface area contributed by atoms with Crippen molar-refractivity contribution < 1.29 is 0 Å². The van der Waals surface area contributed by atoms with Crippen LogP contribution in [0, 0.1) is 5.92 Å². The number of aromatic amines is 1. The van der Waals surface area contributed by atoms with Crippen LogP contribution in [0.15, 0.2) is 18.6 Å². The molecule has 1 aliphatic rings. The third-order valence-corrected chi connectivity index (χ3v) is 3.09. The second-order valence-corrected chi connectivity index (χ2v) is 4.63. The first-order chi connectivity index (χ1) is 7.11. The van der Waals surface area contributed by atoms with Crippen molar-refractivity contribution in [3.8, 4) is 0 Å². The van der Waals surface area contributed by atoms with E-state index in [1.165, 1.54) is 11.4 Å². The molecule has 15 heavy (non-hydrogen) atoms.